The van der Waals surface area contributed by atoms with Gasteiger partial charge in [-0.3, -0.25) is 4.98 Å². The number of anilines is 1. The Morgan fingerprint density at radius 1 is 1.37 bits per heavy atom. The lowest BCUT2D eigenvalue weighted by Crippen LogP contribution is -2.05. The maximum atomic E-state index is 6.37. The van der Waals surface area contributed by atoms with Crippen molar-refractivity contribution in [2.45, 2.75) is 32.6 Å². The Morgan fingerprint density at radius 2 is 2.21 bits per heavy atom. The summed E-state index contributed by atoms with van der Waals surface area (Å²) >= 11 is 8.69. The third kappa shape index (κ3) is 2.42. The fraction of sp³-hybridized carbons (Fsp3) is 0.400. The first-order chi connectivity index (χ1) is 9.20. The second kappa shape index (κ2) is 5.44. The minimum absolute atomic E-state index is 0.760. The van der Waals surface area contributed by atoms with Crippen LogP contribution in [0.2, 0.25) is 5.02 Å². The van der Waals surface area contributed by atoms with Gasteiger partial charge in [-0.25, -0.2) is 0 Å². The molecular formula is C15H16ClIN2. The third-order valence-electron chi connectivity index (χ3n) is 3.59. The van der Waals surface area contributed by atoms with Crippen molar-refractivity contribution in [3.63, 3.8) is 0 Å². The quantitative estimate of drug-likeness (QED) is 0.766. The van der Waals surface area contributed by atoms with E-state index >= 15 is 0 Å². The van der Waals surface area contributed by atoms with Gasteiger partial charge in [-0.1, -0.05) is 18.5 Å². The van der Waals surface area contributed by atoms with Crippen molar-refractivity contribution in [2.75, 3.05) is 11.9 Å². The molecule has 0 spiro atoms. The molecule has 0 bridgehead atoms. The summed E-state index contributed by atoms with van der Waals surface area (Å²) in [6, 6.07) is 4.17. The molecule has 0 amide bonds. The van der Waals surface area contributed by atoms with Gasteiger partial charge in [-0.2, -0.15) is 0 Å². The van der Waals surface area contributed by atoms with Crippen molar-refractivity contribution in [2.24, 2.45) is 0 Å². The lowest BCUT2D eigenvalue weighted by molar-refractivity contribution is 0.900. The van der Waals surface area contributed by atoms with Crippen molar-refractivity contribution >= 4 is 50.8 Å². The van der Waals surface area contributed by atoms with Crippen LogP contribution in [0.3, 0.4) is 0 Å². The zero-order chi connectivity index (χ0) is 13.4. The van der Waals surface area contributed by atoms with E-state index in [0.717, 1.165) is 39.9 Å². The van der Waals surface area contributed by atoms with E-state index in [1.54, 1.807) is 0 Å². The first-order valence-electron chi connectivity index (χ1n) is 6.75. The number of benzene rings is 1. The van der Waals surface area contributed by atoms with Gasteiger partial charge in [-0.15, -0.1) is 0 Å². The largest absolute Gasteiger partial charge is 0.384 e. The van der Waals surface area contributed by atoms with Crippen LogP contribution in [0.1, 0.15) is 31.0 Å². The minimum Gasteiger partial charge on any atom is -0.384 e. The van der Waals surface area contributed by atoms with Gasteiger partial charge in [0.2, 0.25) is 0 Å². The molecule has 0 radical (unpaired) electrons. The molecule has 3 rings (SSSR count). The molecule has 2 nitrogen and oxygen atoms in total. The molecule has 1 aliphatic rings. The third-order valence-corrected chi connectivity index (χ3v) is 4.50. The standard InChI is InChI=1S/C15H16ClIN2/c1-2-6-18-14-10-4-3-5-13(10)19-15-11(14)7-9(17)8-12(15)16/h7-8H,2-6H2,1H3,(H,18,19). The number of nitrogens with zero attached hydrogens (tertiary/aromatic N) is 1. The average Bonchev–Trinajstić information content (AvgIpc) is 2.83. The van der Waals surface area contributed by atoms with E-state index in [1.165, 1.54) is 28.8 Å². The molecule has 0 atom stereocenters. The second-order valence-electron chi connectivity index (χ2n) is 4.98. The lowest BCUT2D eigenvalue weighted by atomic mass is 10.1. The summed E-state index contributed by atoms with van der Waals surface area (Å²) in [5.74, 6) is 0. The van der Waals surface area contributed by atoms with Crippen LogP contribution in [0, 0.1) is 3.57 Å². The van der Waals surface area contributed by atoms with Crippen LogP contribution in [0.4, 0.5) is 5.69 Å². The van der Waals surface area contributed by atoms with Gasteiger partial charge in [0, 0.05) is 26.9 Å². The Bertz CT molecular complexity index is 640. The van der Waals surface area contributed by atoms with Crippen molar-refractivity contribution < 1.29 is 0 Å². The van der Waals surface area contributed by atoms with E-state index in [1.807, 2.05) is 6.07 Å². The fourth-order valence-corrected chi connectivity index (χ4v) is 3.81. The highest BCUT2D eigenvalue weighted by atomic mass is 127. The number of hydrogen-bond donors (Lipinski definition) is 1. The van der Waals surface area contributed by atoms with E-state index in [0.29, 0.717) is 0 Å². The Labute approximate surface area is 132 Å². The Balaban J connectivity index is 2.28. The number of aromatic nitrogens is 1. The number of nitrogens with one attached hydrogen (secondary N) is 1. The Morgan fingerprint density at radius 3 is 3.00 bits per heavy atom. The molecule has 0 saturated carbocycles. The fourth-order valence-electron chi connectivity index (χ4n) is 2.74. The van der Waals surface area contributed by atoms with Crippen LogP contribution in [0.15, 0.2) is 12.1 Å². The Hall–Kier alpha value is -0.550. The summed E-state index contributed by atoms with van der Waals surface area (Å²) in [4.78, 5) is 4.79. The molecule has 1 aliphatic carbocycles. The van der Waals surface area contributed by atoms with Crippen LogP contribution >= 0.6 is 34.2 Å². The first kappa shape index (κ1) is 13.4. The van der Waals surface area contributed by atoms with Crippen LogP contribution < -0.4 is 5.32 Å². The zero-order valence-corrected chi connectivity index (χ0v) is 13.8. The van der Waals surface area contributed by atoms with E-state index in [-0.39, 0.29) is 0 Å². The van der Waals surface area contributed by atoms with Crippen LogP contribution in [0.25, 0.3) is 10.9 Å². The molecule has 0 unspecified atom stereocenters. The van der Waals surface area contributed by atoms with E-state index in [9.17, 15) is 0 Å². The van der Waals surface area contributed by atoms with Gasteiger partial charge in [0.1, 0.15) is 0 Å². The molecule has 19 heavy (non-hydrogen) atoms. The average molecular weight is 387 g/mol. The molecule has 1 aromatic carbocycles. The zero-order valence-electron chi connectivity index (χ0n) is 10.9. The van der Waals surface area contributed by atoms with Crippen molar-refractivity contribution in [1.82, 2.24) is 4.98 Å². The summed E-state index contributed by atoms with van der Waals surface area (Å²) in [6.45, 7) is 3.18. The van der Waals surface area contributed by atoms with Crippen LogP contribution in [-0.2, 0) is 12.8 Å². The maximum absolute atomic E-state index is 6.37. The van der Waals surface area contributed by atoms with Crippen molar-refractivity contribution in [1.29, 1.82) is 0 Å². The van der Waals surface area contributed by atoms with Gasteiger partial charge >= 0.3 is 0 Å². The van der Waals surface area contributed by atoms with Crippen molar-refractivity contribution in [3.05, 3.63) is 32.0 Å². The molecule has 2 aromatic rings. The number of aryl methyl sites for hydroxylation is 1. The molecule has 1 heterocycles. The van der Waals surface area contributed by atoms with Gasteiger partial charge in [0.15, 0.2) is 0 Å². The summed E-state index contributed by atoms with van der Waals surface area (Å²) in [6.07, 6.45) is 4.53. The number of hydrogen-bond acceptors (Lipinski definition) is 2. The lowest BCUT2D eigenvalue weighted by Gasteiger charge is -2.15. The minimum atomic E-state index is 0.760. The summed E-state index contributed by atoms with van der Waals surface area (Å²) in [5, 5.41) is 5.52. The monoisotopic (exact) mass is 386 g/mol. The molecule has 100 valence electrons. The summed E-state index contributed by atoms with van der Waals surface area (Å²) in [5.41, 5.74) is 4.84. The summed E-state index contributed by atoms with van der Waals surface area (Å²) in [7, 11) is 0. The molecule has 4 heteroatoms. The molecule has 1 aromatic heterocycles. The molecule has 0 aliphatic heterocycles. The maximum Gasteiger partial charge on any atom is 0.0913 e. The Kier molecular flexibility index (Phi) is 3.85. The predicted molar refractivity (Wildman–Crippen MR) is 90.3 cm³/mol. The van der Waals surface area contributed by atoms with Crippen LogP contribution in [0.5, 0.6) is 0 Å². The van der Waals surface area contributed by atoms with E-state index in [2.05, 4.69) is 40.9 Å². The van der Waals surface area contributed by atoms with Gasteiger partial charge < -0.3 is 5.32 Å². The van der Waals surface area contributed by atoms with Gasteiger partial charge in [0.05, 0.1) is 10.5 Å². The number of pyridine rings is 1. The second-order valence-corrected chi connectivity index (χ2v) is 6.63. The number of rotatable bonds is 3. The highest BCUT2D eigenvalue weighted by Gasteiger charge is 2.20. The van der Waals surface area contributed by atoms with Gasteiger partial charge in [-0.05, 0) is 66.0 Å². The number of halogens is 2. The first-order valence-corrected chi connectivity index (χ1v) is 8.20. The normalized spacial score (nSPS) is 13.8. The number of fused-ring (bicyclic) bond motifs is 2. The van der Waals surface area contributed by atoms with Crippen LogP contribution in [-0.4, -0.2) is 11.5 Å². The predicted octanol–water partition coefficient (Wildman–Crippen LogP) is 4.80. The highest BCUT2D eigenvalue weighted by molar-refractivity contribution is 14.1. The van der Waals surface area contributed by atoms with E-state index < -0.39 is 0 Å². The molecule has 0 fully saturated rings. The smallest absolute Gasteiger partial charge is 0.0913 e. The highest BCUT2D eigenvalue weighted by Crippen LogP contribution is 2.37. The molecule has 1 N–H and O–H groups in total. The summed E-state index contributed by atoms with van der Waals surface area (Å²) < 4.78 is 1.16. The van der Waals surface area contributed by atoms with Gasteiger partial charge in [0.25, 0.3) is 0 Å². The molecule has 0 saturated heterocycles. The van der Waals surface area contributed by atoms with Crippen molar-refractivity contribution in [3.8, 4) is 0 Å². The van der Waals surface area contributed by atoms with E-state index in [4.69, 9.17) is 16.6 Å². The molecular weight excluding hydrogens is 371 g/mol. The topological polar surface area (TPSA) is 24.9 Å². The SMILES string of the molecule is CCCNc1c2c(nc3c(Cl)cc(I)cc13)CCC2.